The van der Waals surface area contributed by atoms with Crippen LogP contribution in [0.2, 0.25) is 0 Å². The van der Waals surface area contributed by atoms with Gasteiger partial charge in [-0.15, -0.1) is 0 Å². The van der Waals surface area contributed by atoms with E-state index in [2.05, 4.69) is 70.7 Å². The van der Waals surface area contributed by atoms with Crippen LogP contribution in [-0.4, -0.2) is 18.0 Å². The lowest BCUT2D eigenvalue weighted by molar-refractivity contribution is 0.254. The molecular weight excluding hydrogens is 258 g/mol. The van der Waals surface area contributed by atoms with E-state index in [-0.39, 0.29) is 16.9 Å². The maximum absolute atomic E-state index is 6.02. The molecule has 3 rings (SSSR count). The van der Waals surface area contributed by atoms with Gasteiger partial charge in [0.05, 0.1) is 11.0 Å². The molecule has 2 aliphatic rings. The summed E-state index contributed by atoms with van der Waals surface area (Å²) in [7, 11) is 0. The molecule has 1 heterocycles. The van der Waals surface area contributed by atoms with Crippen LogP contribution < -0.4 is 0 Å². The smallest absolute Gasteiger partial charge is 0.195 e. The molecule has 0 saturated carbocycles. The summed E-state index contributed by atoms with van der Waals surface area (Å²) in [5.41, 5.74) is 3.24. The van der Waals surface area contributed by atoms with E-state index in [1.54, 1.807) is 0 Å². The van der Waals surface area contributed by atoms with Crippen LogP contribution in [-0.2, 0) is 10.2 Å². The third kappa shape index (κ3) is 2.14. The third-order valence-corrected chi connectivity index (χ3v) is 4.55. The van der Waals surface area contributed by atoms with Crippen LogP contribution in [0.3, 0.4) is 0 Å². The predicted octanol–water partition coefficient (Wildman–Crippen LogP) is 4.37. The van der Waals surface area contributed by atoms with E-state index in [1.165, 1.54) is 11.1 Å². The van der Waals surface area contributed by atoms with Crippen molar-refractivity contribution in [3.63, 3.8) is 0 Å². The molecule has 21 heavy (non-hydrogen) atoms. The molecule has 2 atom stereocenters. The average Bonchev–Trinajstić information content (AvgIpc) is 2.80. The summed E-state index contributed by atoms with van der Waals surface area (Å²) >= 11 is 0. The van der Waals surface area contributed by atoms with Crippen molar-refractivity contribution in [3.8, 4) is 0 Å². The van der Waals surface area contributed by atoms with E-state index in [0.717, 1.165) is 11.5 Å². The van der Waals surface area contributed by atoms with Gasteiger partial charge in [-0.05, 0) is 38.8 Å². The van der Waals surface area contributed by atoms with Crippen LogP contribution >= 0.6 is 0 Å². The summed E-state index contributed by atoms with van der Waals surface area (Å²) < 4.78 is 6.02. The Hall–Kier alpha value is -1.83. The maximum atomic E-state index is 6.02. The van der Waals surface area contributed by atoms with Crippen LogP contribution in [0.1, 0.15) is 38.8 Å². The molecule has 1 aromatic rings. The summed E-state index contributed by atoms with van der Waals surface area (Å²) in [6, 6.07) is 8.50. The van der Waals surface area contributed by atoms with Gasteiger partial charge in [0.2, 0.25) is 0 Å². The molecule has 0 amide bonds. The number of aliphatic imine (C=N–C) groups is 1. The number of rotatable bonds is 2. The van der Waals surface area contributed by atoms with Crippen LogP contribution in [0.15, 0.2) is 47.5 Å². The molecule has 110 valence electrons. The van der Waals surface area contributed by atoms with E-state index >= 15 is 0 Å². The Balaban J connectivity index is 2.20. The van der Waals surface area contributed by atoms with Gasteiger partial charge in [0, 0.05) is 5.92 Å². The van der Waals surface area contributed by atoms with E-state index in [4.69, 9.17) is 9.73 Å². The Morgan fingerprint density at radius 2 is 2.00 bits per heavy atom. The van der Waals surface area contributed by atoms with E-state index in [9.17, 15) is 0 Å². The van der Waals surface area contributed by atoms with Crippen molar-refractivity contribution in [1.82, 2.24) is 0 Å². The van der Waals surface area contributed by atoms with Gasteiger partial charge in [-0.25, -0.2) is 4.99 Å². The second kappa shape index (κ2) is 4.59. The molecule has 0 bridgehead atoms. The lowest BCUT2D eigenvalue weighted by atomic mass is 9.65. The maximum Gasteiger partial charge on any atom is 0.195 e. The zero-order chi connectivity index (χ0) is 15.3. The number of ether oxygens (including phenoxy) is 1. The summed E-state index contributed by atoms with van der Waals surface area (Å²) in [5, 5.41) is 0. The van der Waals surface area contributed by atoms with Crippen LogP contribution in [0, 0.1) is 5.92 Å². The molecule has 0 saturated heterocycles. The second-order valence-electron chi connectivity index (χ2n) is 6.99. The van der Waals surface area contributed by atoms with Gasteiger partial charge in [-0.3, -0.25) is 0 Å². The first kappa shape index (κ1) is 14.1. The number of hydrogen-bond donors (Lipinski definition) is 0. The third-order valence-electron chi connectivity index (χ3n) is 4.55. The molecule has 0 radical (unpaired) electrons. The predicted molar refractivity (Wildman–Crippen MR) is 88.6 cm³/mol. The first-order valence-electron chi connectivity index (χ1n) is 7.51. The molecule has 0 N–H and O–H groups in total. The summed E-state index contributed by atoms with van der Waals surface area (Å²) in [4.78, 5) is 4.87. The minimum absolute atomic E-state index is 0.145. The summed E-state index contributed by atoms with van der Waals surface area (Å²) in [5.74, 6) is 1.05. The first-order valence-corrected chi connectivity index (χ1v) is 7.51. The molecule has 0 fully saturated rings. The Bertz CT molecular complexity index is 653. The number of allylic oxidation sites excluding steroid dienone is 2. The largest absolute Gasteiger partial charge is 0.478 e. The fourth-order valence-electron chi connectivity index (χ4n) is 3.43. The topological polar surface area (TPSA) is 21.6 Å². The van der Waals surface area contributed by atoms with Crippen molar-refractivity contribution >= 4 is 12.0 Å². The minimum Gasteiger partial charge on any atom is -0.478 e. The molecule has 0 spiro atoms. The zero-order valence-electron chi connectivity index (χ0n) is 13.3. The van der Waals surface area contributed by atoms with Gasteiger partial charge in [0.1, 0.15) is 6.61 Å². The lowest BCUT2D eigenvalue weighted by Crippen LogP contribution is -2.42. The molecule has 1 aromatic carbocycles. The van der Waals surface area contributed by atoms with Gasteiger partial charge in [-0.2, -0.15) is 0 Å². The van der Waals surface area contributed by atoms with Gasteiger partial charge in [0.25, 0.3) is 0 Å². The standard InChI is InChI=1S/C19H23NO/c1-13(2)15-11-10-14-8-6-7-9-16(14)19(15,5)17-20-18(3,4)12-21-17/h6-11,15H,1,12H2,2-5H3/t15-,19+/m1/s1. The first-order chi connectivity index (χ1) is 9.84. The molecule has 1 aliphatic carbocycles. The second-order valence-corrected chi connectivity index (χ2v) is 6.99. The van der Waals surface area contributed by atoms with E-state index in [0.29, 0.717) is 6.61 Å². The summed E-state index contributed by atoms with van der Waals surface area (Å²) in [6.45, 7) is 13.4. The Morgan fingerprint density at radius 3 is 2.62 bits per heavy atom. The molecule has 2 heteroatoms. The van der Waals surface area contributed by atoms with Crippen molar-refractivity contribution in [2.45, 2.75) is 38.6 Å². The van der Waals surface area contributed by atoms with Gasteiger partial charge in [-0.1, -0.05) is 48.6 Å². The molecular formula is C19H23NO. The number of nitrogens with zero attached hydrogens (tertiary/aromatic N) is 1. The van der Waals surface area contributed by atoms with Gasteiger partial charge < -0.3 is 4.74 Å². The Morgan fingerprint density at radius 1 is 1.29 bits per heavy atom. The summed E-state index contributed by atoms with van der Waals surface area (Å²) in [6.07, 6.45) is 4.43. The highest BCUT2D eigenvalue weighted by atomic mass is 16.5. The molecule has 0 unspecified atom stereocenters. The molecule has 0 aromatic heterocycles. The Labute approximate surface area is 127 Å². The highest BCUT2D eigenvalue weighted by Gasteiger charge is 2.47. The fourth-order valence-corrected chi connectivity index (χ4v) is 3.43. The van der Waals surface area contributed by atoms with Crippen LogP contribution in [0.25, 0.3) is 6.08 Å². The minimum atomic E-state index is -0.273. The zero-order valence-corrected chi connectivity index (χ0v) is 13.3. The van der Waals surface area contributed by atoms with Gasteiger partial charge >= 0.3 is 0 Å². The van der Waals surface area contributed by atoms with E-state index < -0.39 is 0 Å². The Kier molecular flexibility index (Phi) is 3.09. The molecule has 2 nitrogen and oxygen atoms in total. The van der Waals surface area contributed by atoms with Crippen molar-refractivity contribution in [2.75, 3.05) is 6.61 Å². The van der Waals surface area contributed by atoms with Crippen molar-refractivity contribution in [2.24, 2.45) is 10.9 Å². The van der Waals surface area contributed by atoms with Crippen LogP contribution in [0.4, 0.5) is 0 Å². The quantitative estimate of drug-likeness (QED) is 0.738. The highest BCUT2D eigenvalue weighted by Crippen LogP contribution is 2.45. The lowest BCUT2D eigenvalue weighted by Gasteiger charge is -2.39. The fraction of sp³-hybridized carbons (Fsp3) is 0.421. The van der Waals surface area contributed by atoms with E-state index in [1.807, 2.05) is 0 Å². The number of hydrogen-bond acceptors (Lipinski definition) is 2. The normalized spacial score (nSPS) is 29.5. The van der Waals surface area contributed by atoms with Crippen molar-refractivity contribution in [3.05, 3.63) is 53.6 Å². The number of benzene rings is 1. The molecule has 1 aliphatic heterocycles. The van der Waals surface area contributed by atoms with Gasteiger partial charge in [0.15, 0.2) is 5.90 Å². The average molecular weight is 281 g/mol. The number of fused-ring (bicyclic) bond motifs is 1. The monoisotopic (exact) mass is 281 g/mol. The SMILES string of the molecule is C=C(C)[C@H]1C=Cc2ccccc2[C@@]1(C)C1=NC(C)(C)CO1. The van der Waals surface area contributed by atoms with Crippen molar-refractivity contribution < 1.29 is 4.74 Å². The van der Waals surface area contributed by atoms with Crippen molar-refractivity contribution in [1.29, 1.82) is 0 Å². The highest BCUT2D eigenvalue weighted by molar-refractivity contribution is 5.93. The van der Waals surface area contributed by atoms with Crippen LogP contribution in [0.5, 0.6) is 0 Å².